The van der Waals surface area contributed by atoms with E-state index in [2.05, 4.69) is 5.32 Å². The summed E-state index contributed by atoms with van der Waals surface area (Å²) in [6.45, 7) is 1.42. The van der Waals surface area contributed by atoms with Crippen molar-refractivity contribution in [3.63, 3.8) is 0 Å². The first-order valence-corrected chi connectivity index (χ1v) is 6.19. The highest BCUT2D eigenvalue weighted by atomic mass is 32.2. The number of rotatable bonds is 6. The maximum Gasteiger partial charge on any atom is 0.288 e. The Balaban J connectivity index is 2.48. The molecule has 0 aliphatic heterocycles. The SMILES string of the molecule is CC(=O)CCC(=O)Nc1ccc(SC(F)F)cc1. The molecule has 0 radical (unpaired) electrons. The number of ketones is 1. The molecule has 6 heteroatoms. The Morgan fingerprint density at radius 1 is 1.22 bits per heavy atom. The van der Waals surface area contributed by atoms with E-state index in [1.54, 1.807) is 12.1 Å². The average Bonchev–Trinajstić information content (AvgIpc) is 2.28. The Kier molecular flexibility index (Phi) is 5.77. The van der Waals surface area contributed by atoms with Gasteiger partial charge in [-0.3, -0.25) is 4.79 Å². The molecular formula is C12H13F2NO2S. The lowest BCUT2D eigenvalue weighted by Crippen LogP contribution is -2.12. The highest BCUT2D eigenvalue weighted by molar-refractivity contribution is 7.99. The van der Waals surface area contributed by atoms with Gasteiger partial charge in [0, 0.05) is 23.4 Å². The van der Waals surface area contributed by atoms with Crippen molar-refractivity contribution in [1.29, 1.82) is 0 Å². The molecule has 0 aliphatic rings. The molecule has 0 saturated heterocycles. The summed E-state index contributed by atoms with van der Waals surface area (Å²) in [5, 5.41) is 2.59. The fraction of sp³-hybridized carbons (Fsp3) is 0.333. The van der Waals surface area contributed by atoms with Gasteiger partial charge >= 0.3 is 0 Å². The van der Waals surface area contributed by atoms with E-state index >= 15 is 0 Å². The van der Waals surface area contributed by atoms with Crippen molar-refractivity contribution in [3.8, 4) is 0 Å². The predicted octanol–water partition coefficient (Wildman–Crippen LogP) is 3.31. The molecule has 0 bridgehead atoms. The van der Waals surface area contributed by atoms with Crippen LogP contribution in [0.25, 0.3) is 0 Å². The summed E-state index contributed by atoms with van der Waals surface area (Å²) in [6.07, 6.45) is 0.327. The van der Waals surface area contributed by atoms with Gasteiger partial charge in [-0.25, -0.2) is 0 Å². The minimum Gasteiger partial charge on any atom is -0.326 e. The van der Waals surface area contributed by atoms with E-state index in [-0.39, 0.29) is 24.5 Å². The summed E-state index contributed by atoms with van der Waals surface area (Å²) < 4.78 is 24.1. The first-order valence-electron chi connectivity index (χ1n) is 5.31. The first-order chi connectivity index (χ1) is 8.47. The molecular weight excluding hydrogens is 260 g/mol. The smallest absolute Gasteiger partial charge is 0.288 e. The van der Waals surface area contributed by atoms with Gasteiger partial charge in [-0.2, -0.15) is 8.78 Å². The fourth-order valence-electron chi connectivity index (χ4n) is 1.23. The van der Waals surface area contributed by atoms with Crippen molar-refractivity contribution < 1.29 is 18.4 Å². The van der Waals surface area contributed by atoms with Gasteiger partial charge in [0.2, 0.25) is 5.91 Å². The van der Waals surface area contributed by atoms with Crippen LogP contribution in [0.3, 0.4) is 0 Å². The number of hydrogen-bond donors (Lipinski definition) is 1. The normalized spacial score (nSPS) is 10.4. The van der Waals surface area contributed by atoms with E-state index in [1.165, 1.54) is 19.1 Å². The molecule has 0 saturated carbocycles. The zero-order valence-electron chi connectivity index (χ0n) is 9.78. The van der Waals surface area contributed by atoms with Crippen molar-refractivity contribution >= 4 is 29.1 Å². The Bertz CT molecular complexity index is 421. The van der Waals surface area contributed by atoms with Crippen LogP contribution in [0, 0.1) is 0 Å². The zero-order chi connectivity index (χ0) is 13.5. The Morgan fingerprint density at radius 3 is 2.33 bits per heavy atom. The lowest BCUT2D eigenvalue weighted by atomic mass is 10.2. The molecule has 1 aromatic carbocycles. The number of nitrogens with one attached hydrogen (secondary N) is 1. The number of Topliss-reactive ketones (excluding diaryl/α,β-unsaturated/α-hetero) is 1. The molecule has 0 unspecified atom stereocenters. The van der Waals surface area contributed by atoms with Crippen LogP contribution in [0.5, 0.6) is 0 Å². The maximum absolute atomic E-state index is 12.1. The minimum atomic E-state index is -2.46. The molecule has 3 nitrogen and oxygen atoms in total. The van der Waals surface area contributed by atoms with Gasteiger partial charge in [-0.1, -0.05) is 11.8 Å². The molecule has 18 heavy (non-hydrogen) atoms. The Hall–Kier alpha value is -1.43. The highest BCUT2D eigenvalue weighted by Gasteiger charge is 2.06. The lowest BCUT2D eigenvalue weighted by Gasteiger charge is -2.05. The lowest BCUT2D eigenvalue weighted by molar-refractivity contribution is -0.121. The predicted molar refractivity (Wildman–Crippen MR) is 66.8 cm³/mol. The summed E-state index contributed by atoms with van der Waals surface area (Å²) in [4.78, 5) is 22.5. The summed E-state index contributed by atoms with van der Waals surface area (Å²) in [7, 11) is 0. The number of carbonyl (C=O) groups excluding carboxylic acids is 2. The second kappa shape index (κ2) is 7.10. The van der Waals surface area contributed by atoms with Crippen LogP contribution in [0.1, 0.15) is 19.8 Å². The average molecular weight is 273 g/mol. The monoisotopic (exact) mass is 273 g/mol. The third kappa shape index (κ3) is 5.77. The van der Waals surface area contributed by atoms with E-state index in [0.717, 1.165) is 0 Å². The molecule has 1 aromatic rings. The molecule has 98 valence electrons. The summed E-state index contributed by atoms with van der Waals surface area (Å²) in [6, 6.07) is 6.13. The van der Waals surface area contributed by atoms with Crippen molar-refractivity contribution in [1.82, 2.24) is 0 Å². The standard InChI is InChI=1S/C12H13F2NO2S/c1-8(16)2-7-11(17)15-9-3-5-10(6-4-9)18-12(13)14/h3-6,12H,2,7H2,1H3,(H,15,17). The number of halogens is 2. The summed E-state index contributed by atoms with van der Waals surface area (Å²) in [5.41, 5.74) is 0.530. The quantitative estimate of drug-likeness (QED) is 0.809. The van der Waals surface area contributed by atoms with E-state index in [0.29, 0.717) is 22.3 Å². The van der Waals surface area contributed by atoms with Gasteiger partial charge in [0.25, 0.3) is 5.76 Å². The largest absolute Gasteiger partial charge is 0.326 e. The van der Waals surface area contributed by atoms with Gasteiger partial charge in [-0.15, -0.1) is 0 Å². The van der Waals surface area contributed by atoms with Crippen LogP contribution in [-0.2, 0) is 9.59 Å². The number of hydrogen-bond acceptors (Lipinski definition) is 3. The second-order valence-electron chi connectivity index (χ2n) is 3.65. The third-order valence-electron chi connectivity index (χ3n) is 2.07. The van der Waals surface area contributed by atoms with Gasteiger partial charge < -0.3 is 10.1 Å². The number of amides is 1. The molecule has 0 aliphatic carbocycles. The second-order valence-corrected chi connectivity index (χ2v) is 4.72. The Morgan fingerprint density at radius 2 is 1.83 bits per heavy atom. The molecule has 0 spiro atoms. The molecule has 1 N–H and O–H groups in total. The third-order valence-corrected chi connectivity index (χ3v) is 2.79. The molecule has 1 amide bonds. The fourth-order valence-corrected chi connectivity index (χ4v) is 1.73. The van der Waals surface area contributed by atoms with Gasteiger partial charge in [0.05, 0.1) is 0 Å². The van der Waals surface area contributed by atoms with Crippen LogP contribution in [0.2, 0.25) is 0 Å². The molecule has 0 heterocycles. The number of thioether (sulfide) groups is 1. The van der Waals surface area contributed by atoms with Crippen LogP contribution in [-0.4, -0.2) is 17.4 Å². The summed E-state index contributed by atoms with van der Waals surface area (Å²) >= 11 is 0.449. The van der Waals surface area contributed by atoms with Crippen molar-refractivity contribution in [2.24, 2.45) is 0 Å². The van der Waals surface area contributed by atoms with Gasteiger partial charge in [0.15, 0.2) is 0 Å². The molecule has 0 fully saturated rings. The van der Waals surface area contributed by atoms with E-state index < -0.39 is 5.76 Å². The van der Waals surface area contributed by atoms with E-state index in [9.17, 15) is 18.4 Å². The molecule has 0 atom stereocenters. The van der Waals surface area contributed by atoms with E-state index in [4.69, 9.17) is 0 Å². The van der Waals surface area contributed by atoms with Crippen LogP contribution in [0.4, 0.5) is 14.5 Å². The first kappa shape index (κ1) is 14.6. The Labute approximate surface area is 108 Å². The molecule has 1 rings (SSSR count). The number of alkyl halides is 2. The van der Waals surface area contributed by atoms with Crippen molar-refractivity contribution in [2.75, 3.05) is 5.32 Å². The highest BCUT2D eigenvalue weighted by Crippen LogP contribution is 2.26. The summed E-state index contributed by atoms with van der Waals surface area (Å²) in [5.74, 6) is -2.77. The van der Waals surface area contributed by atoms with Crippen LogP contribution in [0.15, 0.2) is 29.2 Å². The van der Waals surface area contributed by atoms with E-state index in [1.807, 2.05) is 0 Å². The van der Waals surface area contributed by atoms with Crippen molar-refractivity contribution in [2.45, 2.75) is 30.4 Å². The van der Waals surface area contributed by atoms with Crippen molar-refractivity contribution in [3.05, 3.63) is 24.3 Å². The topological polar surface area (TPSA) is 46.2 Å². The van der Waals surface area contributed by atoms with Crippen LogP contribution >= 0.6 is 11.8 Å². The number of anilines is 1. The minimum absolute atomic E-state index is 0.0474. The maximum atomic E-state index is 12.1. The van der Waals surface area contributed by atoms with Crippen LogP contribution < -0.4 is 5.32 Å². The number of benzene rings is 1. The van der Waals surface area contributed by atoms with Gasteiger partial charge in [-0.05, 0) is 31.2 Å². The van der Waals surface area contributed by atoms with Gasteiger partial charge in [0.1, 0.15) is 5.78 Å². The number of carbonyl (C=O) groups is 2. The zero-order valence-corrected chi connectivity index (χ0v) is 10.6. The molecule has 0 aromatic heterocycles.